The number of halogens is 1. The Morgan fingerprint density at radius 1 is 1.30 bits per heavy atom. The molecule has 10 heavy (non-hydrogen) atoms. The maximum atomic E-state index is 10.5. The average Bonchev–Trinajstić information content (AvgIpc) is 1.88. The zero-order chi connectivity index (χ0) is 7.56. The Kier molecular flexibility index (Phi) is 3.14. The highest BCUT2D eigenvalue weighted by molar-refractivity contribution is 7.79. The smallest absolute Gasteiger partial charge is 0.155 e. The lowest BCUT2D eigenvalue weighted by Gasteiger charge is -2.21. The molecule has 2 nitrogen and oxygen atoms in total. The van der Waals surface area contributed by atoms with E-state index in [2.05, 4.69) is 0 Å². The number of alkyl halides is 1. The average molecular weight is 183 g/mol. The first kappa shape index (κ1) is 8.50. The van der Waals surface area contributed by atoms with Crippen LogP contribution in [-0.2, 0) is 11.1 Å². The fraction of sp³-hybridized carbons (Fsp3) is 1.00. The molecule has 1 aliphatic carbocycles. The predicted octanol–water partition coefficient (Wildman–Crippen LogP) is 1.76. The van der Waals surface area contributed by atoms with E-state index >= 15 is 0 Å². The fourth-order valence-corrected chi connectivity index (χ4v) is 2.15. The van der Waals surface area contributed by atoms with Gasteiger partial charge < -0.3 is 4.55 Å². The van der Waals surface area contributed by atoms with Gasteiger partial charge in [-0.2, -0.15) is 0 Å². The molecule has 1 unspecified atom stereocenters. The van der Waals surface area contributed by atoms with Crippen LogP contribution in [-0.4, -0.2) is 19.4 Å². The molecular formula is C6H11ClO2S. The molecule has 0 radical (unpaired) electrons. The van der Waals surface area contributed by atoms with Gasteiger partial charge in [-0.05, 0) is 25.7 Å². The minimum atomic E-state index is -1.63. The zero-order valence-electron chi connectivity index (χ0n) is 5.62. The first-order chi connectivity index (χ1) is 4.70. The van der Waals surface area contributed by atoms with Gasteiger partial charge in [-0.3, -0.25) is 0 Å². The fourth-order valence-electron chi connectivity index (χ4n) is 1.22. The largest absolute Gasteiger partial charge is 0.306 e. The van der Waals surface area contributed by atoms with E-state index in [0.717, 1.165) is 25.7 Å². The summed E-state index contributed by atoms with van der Waals surface area (Å²) >= 11 is 4.18. The molecule has 0 aromatic heterocycles. The monoisotopic (exact) mass is 182 g/mol. The Hall–Kier alpha value is 0.400. The van der Waals surface area contributed by atoms with E-state index in [1.807, 2.05) is 0 Å². The summed E-state index contributed by atoms with van der Waals surface area (Å²) in [4.78, 5) is 0. The first-order valence-corrected chi connectivity index (χ1v) is 5.04. The van der Waals surface area contributed by atoms with Gasteiger partial charge in [0.25, 0.3) is 0 Å². The van der Waals surface area contributed by atoms with Crippen molar-refractivity contribution in [3.05, 3.63) is 0 Å². The van der Waals surface area contributed by atoms with Crippen LogP contribution < -0.4 is 0 Å². The molecule has 1 saturated carbocycles. The van der Waals surface area contributed by atoms with Crippen molar-refractivity contribution >= 4 is 22.7 Å². The van der Waals surface area contributed by atoms with E-state index < -0.39 is 11.1 Å². The van der Waals surface area contributed by atoms with E-state index in [-0.39, 0.29) is 10.6 Å². The molecule has 0 aromatic carbocycles. The van der Waals surface area contributed by atoms with Crippen LogP contribution in [0.15, 0.2) is 0 Å². The quantitative estimate of drug-likeness (QED) is 0.496. The van der Waals surface area contributed by atoms with Crippen molar-refractivity contribution in [3.63, 3.8) is 0 Å². The van der Waals surface area contributed by atoms with Crippen molar-refractivity contribution in [1.82, 2.24) is 0 Å². The van der Waals surface area contributed by atoms with Gasteiger partial charge in [-0.1, -0.05) is 0 Å². The Labute approximate surface area is 68.2 Å². The predicted molar refractivity (Wildman–Crippen MR) is 42.7 cm³/mol. The van der Waals surface area contributed by atoms with Gasteiger partial charge in [0.2, 0.25) is 0 Å². The van der Waals surface area contributed by atoms with Crippen LogP contribution in [0.2, 0.25) is 0 Å². The van der Waals surface area contributed by atoms with E-state index in [9.17, 15) is 4.21 Å². The number of rotatable bonds is 1. The third-order valence-electron chi connectivity index (χ3n) is 1.89. The van der Waals surface area contributed by atoms with Crippen LogP contribution in [0.5, 0.6) is 0 Å². The molecule has 1 atom stereocenters. The van der Waals surface area contributed by atoms with Crippen LogP contribution in [0.25, 0.3) is 0 Å². The lowest BCUT2D eigenvalue weighted by Crippen LogP contribution is -2.22. The number of hydrogen-bond donors (Lipinski definition) is 1. The molecule has 60 valence electrons. The molecule has 0 heterocycles. The van der Waals surface area contributed by atoms with Gasteiger partial charge >= 0.3 is 0 Å². The van der Waals surface area contributed by atoms with Crippen molar-refractivity contribution in [2.24, 2.45) is 0 Å². The molecule has 0 aromatic rings. The summed E-state index contributed by atoms with van der Waals surface area (Å²) < 4.78 is 19.2. The lowest BCUT2D eigenvalue weighted by atomic mass is 10.00. The van der Waals surface area contributed by atoms with E-state index in [4.69, 9.17) is 16.2 Å². The standard InChI is InChI=1S/C6H11ClO2S/c7-5-1-3-6(4-2-5)10(8)9/h5-6H,1-4H2,(H,8,9). The second kappa shape index (κ2) is 3.69. The molecule has 1 rings (SSSR count). The Bertz CT molecular complexity index is 132. The van der Waals surface area contributed by atoms with Crippen molar-refractivity contribution in [3.8, 4) is 0 Å². The van der Waals surface area contributed by atoms with Crippen LogP contribution in [0.1, 0.15) is 25.7 Å². The normalized spacial score (nSPS) is 37.4. The highest BCUT2D eigenvalue weighted by Crippen LogP contribution is 2.25. The summed E-state index contributed by atoms with van der Waals surface area (Å²) in [7, 11) is 0. The molecular weight excluding hydrogens is 172 g/mol. The highest BCUT2D eigenvalue weighted by Gasteiger charge is 2.22. The third kappa shape index (κ3) is 2.22. The van der Waals surface area contributed by atoms with Gasteiger partial charge in [0.15, 0.2) is 11.1 Å². The van der Waals surface area contributed by atoms with Gasteiger partial charge in [0, 0.05) is 5.38 Å². The van der Waals surface area contributed by atoms with Crippen LogP contribution in [0.3, 0.4) is 0 Å². The summed E-state index contributed by atoms with van der Waals surface area (Å²) in [6.07, 6.45) is 3.38. The van der Waals surface area contributed by atoms with E-state index in [0.29, 0.717) is 0 Å². The minimum Gasteiger partial charge on any atom is -0.306 e. The summed E-state index contributed by atoms with van der Waals surface area (Å²) in [5.41, 5.74) is 0. The van der Waals surface area contributed by atoms with Gasteiger partial charge in [0.1, 0.15) is 0 Å². The van der Waals surface area contributed by atoms with E-state index in [1.54, 1.807) is 0 Å². The van der Waals surface area contributed by atoms with Crippen LogP contribution in [0, 0.1) is 0 Å². The molecule has 0 aliphatic heterocycles. The maximum Gasteiger partial charge on any atom is 0.155 e. The Morgan fingerprint density at radius 3 is 2.20 bits per heavy atom. The molecule has 0 bridgehead atoms. The van der Waals surface area contributed by atoms with Crippen LogP contribution in [0.4, 0.5) is 0 Å². The van der Waals surface area contributed by atoms with Crippen molar-refractivity contribution in [2.75, 3.05) is 0 Å². The number of hydrogen-bond acceptors (Lipinski definition) is 1. The first-order valence-electron chi connectivity index (χ1n) is 3.44. The molecule has 1 fully saturated rings. The second-order valence-electron chi connectivity index (χ2n) is 2.65. The van der Waals surface area contributed by atoms with Crippen molar-refractivity contribution < 1.29 is 8.76 Å². The topological polar surface area (TPSA) is 37.3 Å². The summed E-state index contributed by atoms with van der Waals surface area (Å²) in [5.74, 6) is 0. The molecule has 0 amide bonds. The summed E-state index contributed by atoms with van der Waals surface area (Å²) in [5, 5.41) is 0.217. The highest BCUT2D eigenvalue weighted by atomic mass is 35.5. The minimum absolute atomic E-state index is 0.0185. The lowest BCUT2D eigenvalue weighted by molar-refractivity contribution is 0.475. The summed E-state index contributed by atoms with van der Waals surface area (Å²) in [6, 6.07) is 0. The van der Waals surface area contributed by atoms with Gasteiger partial charge in [-0.25, -0.2) is 4.21 Å². The summed E-state index contributed by atoms with van der Waals surface area (Å²) in [6.45, 7) is 0. The molecule has 0 saturated heterocycles. The SMILES string of the molecule is O=S(O)C1CCC(Cl)CC1. The second-order valence-corrected chi connectivity index (χ2v) is 4.49. The Morgan fingerprint density at radius 2 is 1.80 bits per heavy atom. The maximum absolute atomic E-state index is 10.5. The molecule has 1 aliphatic rings. The van der Waals surface area contributed by atoms with Crippen molar-refractivity contribution in [2.45, 2.75) is 36.3 Å². The third-order valence-corrected chi connectivity index (χ3v) is 3.37. The van der Waals surface area contributed by atoms with Crippen molar-refractivity contribution in [1.29, 1.82) is 0 Å². The van der Waals surface area contributed by atoms with Gasteiger partial charge in [0.05, 0.1) is 5.25 Å². The molecule has 1 N–H and O–H groups in total. The molecule has 0 spiro atoms. The molecule has 4 heteroatoms. The Balaban J connectivity index is 2.33. The zero-order valence-corrected chi connectivity index (χ0v) is 7.20. The van der Waals surface area contributed by atoms with Crippen LogP contribution >= 0.6 is 11.6 Å². The van der Waals surface area contributed by atoms with Gasteiger partial charge in [-0.15, -0.1) is 11.6 Å². The van der Waals surface area contributed by atoms with E-state index in [1.165, 1.54) is 0 Å².